The molecule has 0 spiro atoms. The van der Waals surface area contributed by atoms with E-state index in [0.717, 1.165) is 13.0 Å². The first kappa shape index (κ1) is 22.8. The number of carbonyl (C=O) groups is 2. The largest absolute Gasteiger partial charge is 0.364 e. The Hall–Kier alpha value is -3.95. The minimum atomic E-state index is -0.666. The van der Waals surface area contributed by atoms with E-state index in [1.165, 1.54) is 18.4 Å². The van der Waals surface area contributed by atoms with Gasteiger partial charge in [0.1, 0.15) is 5.82 Å². The Morgan fingerprint density at radius 2 is 1.89 bits per heavy atom. The minimum absolute atomic E-state index is 0.0401. The summed E-state index contributed by atoms with van der Waals surface area (Å²) in [6.07, 6.45) is 8.31. The van der Waals surface area contributed by atoms with Crippen molar-refractivity contribution in [2.75, 3.05) is 23.3 Å². The number of nitrogens with two attached hydrogens (primary N) is 1. The summed E-state index contributed by atoms with van der Waals surface area (Å²) in [5.74, 6) is 1.15. The number of aromatic nitrogens is 4. The van der Waals surface area contributed by atoms with E-state index >= 15 is 0 Å². The van der Waals surface area contributed by atoms with E-state index in [4.69, 9.17) is 5.73 Å². The van der Waals surface area contributed by atoms with Gasteiger partial charge >= 0.3 is 0 Å². The number of nitrogens with one attached hydrogen (secondary N) is 2. The van der Waals surface area contributed by atoms with Crippen molar-refractivity contribution in [1.29, 1.82) is 0 Å². The van der Waals surface area contributed by atoms with Crippen molar-refractivity contribution in [2.24, 2.45) is 18.7 Å². The van der Waals surface area contributed by atoms with Crippen molar-refractivity contribution >= 4 is 29.1 Å². The number of anilines is 3. The Kier molecular flexibility index (Phi) is 6.10. The van der Waals surface area contributed by atoms with Gasteiger partial charge in [-0.1, -0.05) is 19.1 Å². The molecule has 182 valence electrons. The van der Waals surface area contributed by atoms with Gasteiger partial charge in [-0.05, 0) is 48.8 Å². The van der Waals surface area contributed by atoms with Gasteiger partial charge in [0.2, 0.25) is 0 Å². The Balaban J connectivity index is 1.31. The highest BCUT2D eigenvalue weighted by molar-refractivity contribution is 5.96. The van der Waals surface area contributed by atoms with Crippen LogP contribution in [0.1, 0.15) is 58.5 Å². The third-order valence-electron chi connectivity index (χ3n) is 6.50. The van der Waals surface area contributed by atoms with Crippen LogP contribution in [-0.2, 0) is 7.05 Å². The number of nitrogens with zero attached hydrogens (tertiary/aromatic N) is 5. The molecule has 2 fully saturated rings. The monoisotopic (exact) mass is 474 g/mol. The highest BCUT2D eigenvalue weighted by Gasteiger charge is 2.28. The van der Waals surface area contributed by atoms with E-state index < -0.39 is 5.91 Å². The average Bonchev–Trinajstić information content (AvgIpc) is 3.60. The number of piperidine rings is 1. The zero-order valence-corrected chi connectivity index (χ0v) is 19.9. The summed E-state index contributed by atoms with van der Waals surface area (Å²) in [5, 5.41) is 10.4. The second-order valence-electron chi connectivity index (χ2n) is 9.63. The third-order valence-corrected chi connectivity index (χ3v) is 6.50. The van der Waals surface area contributed by atoms with Gasteiger partial charge in [0.15, 0.2) is 11.5 Å². The molecular weight excluding hydrogens is 444 g/mol. The fraction of sp³-hybridized carbons (Fsp3) is 0.400. The molecule has 2 aliphatic rings. The molecule has 3 heterocycles. The van der Waals surface area contributed by atoms with Crippen LogP contribution in [0.5, 0.6) is 0 Å². The van der Waals surface area contributed by atoms with Crippen LogP contribution in [0, 0.1) is 5.92 Å². The number of carbonyl (C=O) groups excluding carboxylic acids is 2. The van der Waals surface area contributed by atoms with Crippen LogP contribution >= 0.6 is 0 Å². The lowest BCUT2D eigenvalue weighted by Gasteiger charge is -2.37. The summed E-state index contributed by atoms with van der Waals surface area (Å²) in [7, 11) is 1.80. The van der Waals surface area contributed by atoms with Crippen molar-refractivity contribution in [2.45, 2.75) is 38.1 Å². The standard InChI is InChI=1S/C25H30N8O2/c1-15-9-19(30-25(35)18-7-5-17(6-8-18)16-3-4-16)14-33(12-15)21-11-27-22(23(26)34)24(31-21)29-20-10-28-32(2)13-20/h5-8,10-11,13,15-16,19H,3-4,9,12,14H2,1-2H3,(H2,26,34)(H,29,31)(H,30,35)/t15-,19+/m0/s1. The lowest BCUT2D eigenvalue weighted by atomic mass is 9.95. The maximum absolute atomic E-state index is 12.9. The maximum atomic E-state index is 12.9. The van der Waals surface area contributed by atoms with Crippen LogP contribution in [0.2, 0.25) is 0 Å². The Morgan fingerprint density at radius 1 is 1.11 bits per heavy atom. The molecule has 0 radical (unpaired) electrons. The van der Waals surface area contributed by atoms with Gasteiger partial charge in [-0.15, -0.1) is 0 Å². The fourth-order valence-corrected chi connectivity index (χ4v) is 4.66. The molecule has 0 unspecified atom stereocenters. The average molecular weight is 475 g/mol. The van der Waals surface area contributed by atoms with Crippen LogP contribution in [0.4, 0.5) is 17.3 Å². The number of hydrogen-bond donors (Lipinski definition) is 3. The molecule has 5 rings (SSSR count). The first-order valence-corrected chi connectivity index (χ1v) is 11.9. The van der Waals surface area contributed by atoms with E-state index in [9.17, 15) is 9.59 Å². The van der Waals surface area contributed by atoms with Crippen molar-refractivity contribution in [1.82, 2.24) is 25.1 Å². The molecule has 3 aromatic rings. The van der Waals surface area contributed by atoms with Gasteiger partial charge in [0.05, 0.1) is 18.1 Å². The Morgan fingerprint density at radius 3 is 2.54 bits per heavy atom. The fourth-order valence-electron chi connectivity index (χ4n) is 4.66. The predicted octanol–water partition coefficient (Wildman–Crippen LogP) is 2.57. The van der Waals surface area contributed by atoms with Gasteiger partial charge in [-0.25, -0.2) is 9.97 Å². The van der Waals surface area contributed by atoms with Gasteiger partial charge in [0, 0.05) is 37.9 Å². The Labute approximate surface area is 203 Å². The quantitative estimate of drug-likeness (QED) is 0.480. The van der Waals surface area contributed by atoms with E-state index in [0.29, 0.717) is 35.4 Å². The molecule has 0 bridgehead atoms. The number of amides is 2. The second-order valence-corrected chi connectivity index (χ2v) is 9.63. The molecule has 10 heteroatoms. The number of hydrogen-bond acceptors (Lipinski definition) is 7. The predicted molar refractivity (Wildman–Crippen MR) is 133 cm³/mol. The molecule has 1 aliphatic carbocycles. The summed E-state index contributed by atoms with van der Waals surface area (Å²) in [5.41, 5.74) is 8.24. The summed E-state index contributed by atoms with van der Waals surface area (Å²) in [4.78, 5) is 35.9. The molecule has 1 aromatic carbocycles. The SMILES string of the molecule is C[C@H]1C[C@@H](NC(=O)c2ccc(C3CC3)cc2)CN(c2cnc(C(N)=O)c(Nc3cnn(C)c3)n2)C1. The van der Waals surface area contributed by atoms with E-state index in [1.807, 2.05) is 12.1 Å². The third kappa shape index (κ3) is 5.26. The van der Waals surface area contributed by atoms with Crippen molar-refractivity contribution in [3.05, 3.63) is 59.7 Å². The first-order valence-electron chi connectivity index (χ1n) is 11.9. The zero-order chi connectivity index (χ0) is 24.5. The van der Waals surface area contributed by atoms with Gasteiger partial charge in [0.25, 0.3) is 11.8 Å². The first-order chi connectivity index (χ1) is 16.9. The van der Waals surface area contributed by atoms with Gasteiger partial charge in [-0.2, -0.15) is 5.10 Å². The summed E-state index contributed by atoms with van der Waals surface area (Å²) >= 11 is 0. The van der Waals surface area contributed by atoms with Crippen LogP contribution in [0.25, 0.3) is 0 Å². The second kappa shape index (κ2) is 9.36. The van der Waals surface area contributed by atoms with Crippen LogP contribution in [-0.4, -0.2) is 50.7 Å². The summed E-state index contributed by atoms with van der Waals surface area (Å²) in [6.45, 7) is 3.50. The molecular formula is C25H30N8O2. The molecule has 2 atom stereocenters. The van der Waals surface area contributed by atoms with Crippen molar-refractivity contribution in [3.8, 4) is 0 Å². The van der Waals surface area contributed by atoms with Gasteiger partial charge in [-0.3, -0.25) is 14.3 Å². The minimum Gasteiger partial charge on any atom is -0.364 e. The van der Waals surface area contributed by atoms with E-state index in [1.54, 1.807) is 30.3 Å². The molecule has 35 heavy (non-hydrogen) atoms. The van der Waals surface area contributed by atoms with Crippen LogP contribution in [0.3, 0.4) is 0 Å². The van der Waals surface area contributed by atoms with E-state index in [-0.39, 0.29) is 23.5 Å². The van der Waals surface area contributed by atoms with E-state index in [2.05, 4.69) is 49.7 Å². The number of primary amides is 1. The van der Waals surface area contributed by atoms with Gasteiger partial charge < -0.3 is 21.3 Å². The highest BCUT2D eigenvalue weighted by atomic mass is 16.2. The van der Waals surface area contributed by atoms with Crippen LogP contribution < -0.4 is 21.3 Å². The maximum Gasteiger partial charge on any atom is 0.271 e. The van der Waals surface area contributed by atoms with Crippen molar-refractivity contribution in [3.63, 3.8) is 0 Å². The normalized spacial score (nSPS) is 19.9. The molecule has 10 nitrogen and oxygen atoms in total. The lowest BCUT2D eigenvalue weighted by Crippen LogP contribution is -2.50. The lowest BCUT2D eigenvalue weighted by molar-refractivity contribution is 0.0927. The summed E-state index contributed by atoms with van der Waals surface area (Å²) in [6, 6.07) is 7.92. The molecule has 4 N–H and O–H groups in total. The number of benzene rings is 1. The van der Waals surface area contributed by atoms with Crippen LogP contribution in [0.15, 0.2) is 42.9 Å². The zero-order valence-electron chi connectivity index (χ0n) is 19.9. The molecule has 1 saturated carbocycles. The number of aryl methyl sites for hydroxylation is 1. The molecule has 1 saturated heterocycles. The molecule has 2 amide bonds. The number of rotatable bonds is 7. The smallest absolute Gasteiger partial charge is 0.271 e. The molecule has 1 aliphatic heterocycles. The highest BCUT2D eigenvalue weighted by Crippen LogP contribution is 2.39. The molecule has 2 aromatic heterocycles. The van der Waals surface area contributed by atoms with Crippen molar-refractivity contribution < 1.29 is 9.59 Å². The topological polar surface area (TPSA) is 131 Å². The summed E-state index contributed by atoms with van der Waals surface area (Å²) < 4.78 is 1.64. The Bertz CT molecular complexity index is 1230.